The number of carboxylic acid groups (broad SMARTS) is 1. The molecular weight excluding hydrogens is 299 g/mol. The fourth-order valence-electron chi connectivity index (χ4n) is 1.79. The van der Waals surface area contributed by atoms with Crippen LogP contribution in [-0.4, -0.2) is 16.1 Å². The second kappa shape index (κ2) is 6.11. The fraction of sp³-hybridized carbons (Fsp3) is 0.143. The summed E-state index contributed by atoms with van der Waals surface area (Å²) in [7, 11) is 0. The van der Waals surface area contributed by atoms with E-state index in [-0.39, 0.29) is 11.6 Å². The molecule has 1 aromatic heterocycles. The van der Waals surface area contributed by atoms with E-state index in [1.165, 1.54) is 18.3 Å². The molecule has 0 fully saturated rings. The summed E-state index contributed by atoms with van der Waals surface area (Å²) >= 11 is 12.0. The van der Waals surface area contributed by atoms with E-state index < -0.39 is 5.97 Å². The normalized spacial score (nSPS) is 11.9. The van der Waals surface area contributed by atoms with Crippen molar-refractivity contribution in [3.05, 3.63) is 57.7 Å². The molecule has 2 rings (SSSR count). The highest BCUT2D eigenvalue weighted by molar-refractivity contribution is 6.35. The van der Waals surface area contributed by atoms with E-state index in [1.807, 2.05) is 13.0 Å². The first kappa shape index (κ1) is 14.6. The maximum absolute atomic E-state index is 10.9. The highest BCUT2D eigenvalue weighted by Gasteiger charge is 2.11. The molecule has 0 aliphatic rings. The molecule has 1 aromatic carbocycles. The SMILES string of the molecule is CC(Nc1cc(C(=O)O)ccn1)c1ccc(Cl)cc1Cl. The molecule has 0 spiro atoms. The van der Waals surface area contributed by atoms with Crippen LogP contribution in [0.15, 0.2) is 36.5 Å². The lowest BCUT2D eigenvalue weighted by molar-refractivity contribution is 0.0697. The van der Waals surface area contributed by atoms with Crippen LogP contribution in [0.3, 0.4) is 0 Å². The number of rotatable bonds is 4. The number of aromatic nitrogens is 1. The molecule has 0 amide bonds. The van der Waals surface area contributed by atoms with E-state index in [0.29, 0.717) is 15.9 Å². The number of carbonyl (C=O) groups is 1. The summed E-state index contributed by atoms with van der Waals surface area (Å²) in [6.45, 7) is 1.91. The van der Waals surface area contributed by atoms with Crippen LogP contribution >= 0.6 is 23.2 Å². The van der Waals surface area contributed by atoms with Crippen LogP contribution in [0.25, 0.3) is 0 Å². The Kier molecular flexibility index (Phi) is 4.47. The molecule has 1 heterocycles. The van der Waals surface area contributed by atoms with Crippen molar-refractivity contribution in [1.29, 1.82) is 0 Å². The fourth-order valence-corrected chi connectivity index (χ4v) is 2.37. The Morgan fingerprint density at radius 1 is 1.30 bits per heavy atom. The molecule has 4 nitrogen and oxygen atoms in total. The number of nitrogens with zero attached hydrogens (tertiary/aromatic N) is 1. The third-order valence-corrected chi connectivity index (χ3v) is 3.36. The Labute approximate surface area is 126 Å². The third kappa shape index (κ3) is 3.40. The Morgan fingerprint density at radius 3 is 2.70 bits per heavy atom. The Balaban J connectivity index is 2.21. The van der Waals surface area contributed by atoms with Gasteiger partial charge in [0.1, 0.15) is 5.82 Å². The first-order chi connectivity index (χ1) is 9.47. The minimum absolute atomic E-state index is 0.128. The lowest BCUT2D eigenvalue weighted by Crippen LogP contribution is -2.09. The van der Waals surface area contributed by atoms with Gasteiger partial charge in [-0.05, 0) is 36.8 Å². The van der Waals surface area contributed by atoms with E-state index >= 15 is 0 Å². The first-order valence-electron chi connectivity index (χ1n) is 5.88. The van der Waals surface area contributed by atoms with Crippen molar-refractivity contribution in [1.82, 2.24) is 4.98 Å². The molecule has 0 aliphatic carbocycles. The second-order valence-corrected chi connectivity index (χ2v) is 5.11. The predicted molar refractivity (Wildman–Crippen MR) is 79.7 cm³/mol. The number of halogens is 2. The summed E-state index contributed by atoms with van der Waals surface area (Å²) in [6, 6.07) is 8.02. The van der Waals surface area contributed by atoms with Gasteiger partial charge in [-0.3, -0.25) is 0 Å². The monoisotopic (exact) mass is 310 g/mol. The van der Waals surface area contributed by atoms with Crippen LogP contribution in [0.2, 0.25) is 10.0 Å². The summed E-state index contributed by atoms with van der Waals surface area (Å²) in [6.07, 6.45) is 1.45. The van der Waals surface area contributed by atoms with Crippen molar-refractivity contribution in [2.45, 2.75) is 13.0 Å². The molecule has 104 valence electrons. The number of nitrogens with one attached hydrogen (secondary N) is 1. The second-order valence-electron chi connectivity index (χ2n) is 4.27. The maximum Gasteiger partial charge on any atom is 0.335 e. The first-order valence-corrected chi connectivity index (χ1v) is 6.64. The number of aromatic carboxylic acids is 1. The zero-order valence-electron chi connectivity index (χ0n) is 10.6. The predicted octanol–water partition coefficient (Wildman–Crippen LogP) is 4.26. The number of carboxylic acids is 1. The van der Waals surface area contributed by atoms with E-state index in [4.69, 9.17) is 28.3 Å². The molecule has 6 heteroatoms. The van der Waals surface area contributed by atoms with E-state index in [2.05, 4.69) is 10.3 Å². The highest BCUT2D eigenvalue weighted by atomic mass is 35.5. The van der Waals surface area contributed by atoms with Crippen molar-refractivity contribution >= 4 is 35.0 Å². The van der Waals surface area contributed by atoms with Crippen LogP contribution in [0.5, 0.6) is 0 Å². The maximum atomic E-state index is 10.9. The van der Waals surface area contributed by atoms with Crippen LogP contribution in [0.1, 0.15) is 28.9 Å². The van der Waals surface area contributed by atoms with Gasteiger partial charge >= 0.3 is 5.97 Å². The summed E-state index contributed by atoms with van der Waals surface area (Å²) in [4.78, 5) is 15.0. The quantitative estimate of drug-likeness (QED) is 0.885. The summed E-state index contributed by atoms with van der Waals surface area (Å²) in [5.74, 6) is -0.518. The van der Waals surface area contributed by atoms with Gasteiger partial charge < -0.3 is 10.4 Å². The Hall–Kier alpha value is -1.78. The van der Waals surface area contributed by atoms with E-state index in [0.717, 1.165) is 5.56 Å². The number of hydrogen-bond donors (Lipinski definition) is 2. The minimum atomic E-state index is -0.993. The average molecular weight is 311 g/mol. The van der Waals surface area contributed by atoms with Gasteiger partial charge in [0.25, 0.3) is 0 Å². The molecule has 20 heavy (non-hydrogen) atoms. The number of pyridine rings is 1. The molecule has 0 aliphatic heterocycles. The molecular formula is C14H12Cl2N2O2. The van der Waals surface area contributed by atoms with Gasteiger partial charge in [-0.2, -0.15) is 0 Å². The molecule has 0 saturated heterocycles. The largest absolute Gasteiger partial charge is 0.478 e. The number of benzene rings is 1. The van der Waals surface area contributed by atoms with Crippen LogP contribution in [-0.2, 0) is 0 Å². The van der Waals surface area contributed by atoms with Gasteiger partial charge in [0.05, 0.1) is 11.6 Å². The van der Waals surface area contributed by atoms with Crippen LogP contribution in [0, 0.1) is 0 Å². The van der Waals surface area contributed by atoms with E-state index in [1.54, 1.807) is 12.1 Å². The molecule has 0 radical (unpaired) electrons. The van der Waals surface area contributed by atoms with E-state index in [9.17, 15) is 4.79 Å². The lowest BCUT2D eigenvalue weighted by atomic mass is 10.1. The molecule has 1 unspecified atom stereocenters. The Morgan fingerprint density at radius 2 is 2.05 bits per heavy atom. The van der Waals surface area contributed by atoms with Gasteiger partial charge in [0, 0.05) is 16.2 Å². The lowest BCUT2D eigenvalue weighted by Gasteiger charge is -2.16. The van der Waals surface area contributed by atoms with Crippen molar-refractivity contribution < 1.29 is 9.90 Å². The minimum Gasteiger partial charge on any atom is -0.478 e. The van der Waals surface area contributed by atoms with Gasteiger partial charge in [0.15, 0.2) is 0 Å². The zero-order valence-corrected chi connectivity index (χ0v) is 12.1. The average Bonchev–Trinajstić information content (AvgIpc) is 2.38. The summed E-state index contributed by atoms with van der Waals surface area (Å²) in [5, 5.41) is 13.2. The Bertz CT molecular complexity index is 647. The smallest absolute Gasteiger partial charge is 0.335 e. The zero-order chi connectivity index (χ0) is 14.7. The highest BCUT2D eigenvalue weighted by Crippen LogP contribution is 2.28. The topological polar surface area (TPSA) is 62.2 Å². The van der Waals surface area contributed by atoms with Crippen LogP contribution < -0.4 is 5.32 Å². The molecule has 1 atom stereocenters. The third-order valence-electron chi connectivity index (χ3n) is 2.80. The summed E-state index contributed by atoms with van der Waals surface area (Å²) < 4.78 is 0. The molecule has 0 bridgehead atoms. The van der Waals surface area contributed by atoms with Crippen molar-refractivity contribution in [3.63, 3.8) is 0 Å². The van der Waals surface area contributed by atoms with Crippen molar-refractivity contribution in [2.24, 2.45) is 0 Å². The van der Waals surface area contributed by atoms with Gasteiger partial charge in [0.2, 0.25) is 0 Å². The van der Waals surface area contributed by atoms with Gasteiger partial charge in [-0.1, -0.05) is 29.3 Å². The van der Waals surface area contributed by atoms with Crippen molar-refractivity contribution in [2.75, 3.05) is 5.32 Å². The summed E-state index contributed by atoms with van der Waals surface area (Å²) in [5.41, 5.74) is 1.04. The standard InChI is InChI=1S/C14H12Cl2N2O2/c1-8(11-3-2-10(15)7-12(11)16)18-13-6-9(14(19)20)4-5-17-13/h2-8H,1H3,(H,17,18)(H,19,20). The van der Waals surface area contributed by atoms with Gasteiger partial charge in [-0.15, -0.1) is 0 Å². The molecule has 0 saturated carbocycles. The van der Waals surface area contributed by atoms with Crippen LogP contribution in [0.4, 0.5) is 5.82 Å². The number of hydrogen-bond acceptors (Lipinski definition) is 3. The van der Waals surface area contributed by atoms with Crippen molar-refractivity contribution in [3.8, 4) is 0 Å². The van der Waals surface area contributed by atoms with Gasteiger partial charge in [-0.25, -0.2) is 9.78 Å². The number of anilines is 1. The molecule has 2 aromatic rings. The molecule has 2 N–H and O–H groups in total.